The van der Waals surface area contributed by atoms with Crippen LogP contribution in [0.3, 0.4) is 0 Å². The van der Waals surface area contributed by atoms with Gasteiger partial charge in [-0.1, -0.05) is 13.8 Å². The highest BCUT2D eigenvalue weighted by Gasteiger charge is 2.25. The fraction of sp³-hybridized carbons (Fsp3) is 1.00. The van der Waals surface area contributed by atoms with Crippen molar-refractivity contribution < 1.29 is 13.9 Å². The smallest absolute Gasteiger partial charge is 0.145 e. The summed E-state index contributed by atoms with van der Waals surface area (Å²) in [4.78, 5) is 2.44. The zero-order valence-corrected chi connectivity index (χ0v) is 16.2. The van der Waals surface area contributed by atoms with Gasteiger partial charge < -0.3 is 13.9 Å². The monoisotopic (exact) mass is 305 g/mol. The molecule has 0 bridgehead atoms. The molecule has 0 aliphatic rings. The first-order chi connectivity index (χ1) is 9.67. The van der Waals surface area contributed by atoms with Crippen molar-refractivity contribution in [2.75, 3.05) is 53.7 Å². The fourth-order valence-corrected chi connectivity index (χ4v) is 3.25. The topological polar surface area (TPSA) is 30.9 Å². The van der Waals surface area contributed by atoms with E-state index in [0.717, 1.165) is 49.9 Å². The van der Waals surface area contributed by atoms with Crippen LogP contribution in [0.2, 0.25) is 0 Å². The van der Waals surface area contributed by atoms with Crippen molar-refractivity contribution >= 4 is 10.5 Å². The summed E-state index contributed by atoms with van der Waals surface area (Å²) in [6.45, 7) is 10.2. The van der Waals surface area contributed by atoms with Crippen molar-refractivity contribution in [2.24, 2.45) is 5.41 Å². The van der Waals surface area contributed by atoms with E-state index in [2.05, 4.69) is 18.7 Å². The highest BCUT2D eigenvalue weighted by Crippen LogP contribution is 2.32. The highest BCUT2D eigenvalue weighted by molar-refractivity contribution is 5.97. The fourth-order valence-electron chi connectivity index (χ4n) is 2.64. The Morgan fingerprint density at radius 3 is 1.90 bits per heavy atom. The maximum atomic E-state index is 5.56. The van der Waals surface area contributed by atoms with Crippen molar-refractivity contribution in [1.82, 2.24) is 4.90 Å². The molecule has 0 aromatic heterocycles. The second-order valence-electron chi connectivity index (χ2n) is 5.57. The first kappa shape index (κ1) is 20.1. The summed E-state index contributed by atoms with van der Waals surface area (Å²) in [5.41, 5.74) is 0.385. The maximum Gasteiger partial charge on any atom is 0.145 e. The van der Waals surface area contributed by atoms with Gasteiger partial charge in [-0.25, -0.2) is 0 Å². The van der Waals surface area contributed by atoms with Crippen molar-refractivity contribution in [2.45, 2.75) is 39.5 Å². The van der Waals surface area contributed by atoms with Crippen LogP contribution in [0, 0.1) is 5.41 Å². The van der Waals surface area contributed by atoms with Crippen LogP contribution in [0.4, 0.5) is 0 Å². The number of ether oxygens (including phenoxy) is 2. The quantitative estimate of drug-likeness (QED) is 0.455. The van der Waals surface area contributed by atoms with Crippen LogP contribution in [-0.4, -0.2) is 69.1 Å². The molecule has 0 fully saturated rings. The van der Waals surface area contributed by atoms with Crippen molar-refractivity contribution in [3.63, 3.8) is 0 Å². The SMILES string of the molecule is CCC(CC)(CCCN(CCOC)CCOC)CO[SiH3]. The minimum Gasteiger partial charge on any atom is -0.427 e. The Balaban J connectivity index is 4.16. The Bertz CT molecular complexity index is 205. The largest absolute Gasteiger partial charge is 0.427 e. The van der Waals surface area contributed by atoms with Gasteiger partial charge in [0, 0.05) is 33.9 Å². The molecule has 0 N–H and O–H groups in total. The maximum absolute atomic E-state index is 5.56. The molecule has 0 spiro atoms. The van der Waals surface area contributed by atoms with Gasteiger partial charge in [0.2, 0.25) is 0 Å². The molecule has 5 heteroatoms. The zero-order valence-electron chi connectivity index (χ0n) is 14.2. The minimum atomic E-state index is 0.385. The third-order valence-electron chi connectivity index (χ3n) is 4.36. The van der Waals surface area contributed by atoms with E-state index in [-0.39, 0.29) is 0 Å². The molecule has 0 aromatic carbocycles. The molecule has 0 saturated heterocycles. The number of nitrogens with zero attached hydrogens (tertiary/aromatic N) is 1. The van der Waals surface area contributed by atoms with Gasteiger partial charge in [-0.2, -0.15) is 0 Å². The molecule has 4 nitrogen and oxygen atoms in total. The van der Waals surface area contributed by atoms with E-state index in [1.165, 1.54) is 25.7 Å². The van der Waals surface area contributed by atoms with E-state index in [1.807, 2.05) is 0 Å². The predicted octanol–water partition coefficient (Wildman–Crippen LogP) is 1.46. The molecular weight excluding hydrogens is 270 g/mol. The van der Waals surface area contributed by atoms with Crippen LogP contribution in [-0.2, 0) is 13.9 Å². The summed E-state index contributed by atoms with van der Waals surface area (Å²) in [7, 11) is 4.36. The van der Waals surface area contributed by atoms with Crippen LogP contribution in [0.25, 0.3) is 0 Å². The lowest BCUT2D eigenvalue weighted by Gasteiger charge is -2.32. The van der Waals surface area contributed by atoms with Crippen molar-refractivity contribution in [3.05, 3.63) is 0 Å². The first-order valence-electron chi connectivity index (χ1n) is 7.87. The van der Waals surface area contributed by atoms with Gasteiger partial charge in [0.15, 0.2) is 0 Å². The summed E-state index contributed by atoms with van der Waals surface area (Å²) < 4.78 is 15.9. The molecular formula is C15H35NO3Si. The van der Waals surface area contributed by atoms with Gasteiger partial charge in [0.25, 0.3) is 0 Å². The Labute approximate surface area is 128 Å². The molecule has 20 heavy (non-hydrogen) atoms. The number of hydrogen-bond donors (Lipinski definition) is 0. The predicted molar refractivity (Wildman–Crippen MR) is 88.3 cm³/mol. The summed E-state index contributed by atoms with van der Waals surface area (Å²) in [6.07, 6.45) is 4.89. The molecule has 0 aromatic rings. The Hall–Kier alpha value is 0.0569. The summed E-state index contributed by atoms with van der Waals surface area (Å²) in [5, 5.41) is 0. The highest BCUT2D eigenvalue weighted by atomic mass is 28.2. The second-order valence-corrected chi connectivity index (χ2v) is 6.15. The van der Waals surface area contributed by atoms with Gasteiger partial charge in [-0.3, -0.25) is 4.90 Å². The number of methoxy groups -OCH3 is 2. The van der Waals surface area contributed by atoms with Gasteiger partial charge in [0.1, 0.15) is 10.5 Å². The molecule has 0 saturated carbocycles. The lowest BCUT2D eigenvalue weighted by molar-refractivity contribution is 0.0974. The molecule has 0 aliphatic heterocycles. The van der Waals surface area contributed by atoms with Gasteiger partial charge in [0.05, 0.1) is 13.2 Å². The van der Waals surface area contributed by atoms with Gasteiger partial charge in [-0.05, 0) is 37.6 Å². The lowest BCUT2D eigenvalue weighted by atomic mass is 9.79. The molecule has 0 amide bonds. The Morgan fingerprint density at radius 1 is 0.950 bits per heavy atom. The normalized spacial score (nSPS) is 12.4. The summed E-state index contributed by atoms with van der Waals surface area (Å²) in [6, 6.07) is 0. The molecule has 0 rings (SSSR count). The number of hydrogen-bond acceptors (Lipinski definition) is 4. The summed E-state index contributed by atoms with van der Waals surface area (Å²) >= 11 is 0. The molecule has 0 radical (unpaired) electrons. The Morgan fingerprint density at radius 2 is 1.50 bits per heavy atom. The van der Waals surface area contributed by atoms with Crippen molar-refractivity contribution in [1.29, 1.82) is 0 Å². The molecule has 0 unspecified atom stereocenters. The van der Waals surface area contributed by atoms with Crippen LogP contribution >= 0.6 is 0 Å². The van der Waals surface area contributed by atoms with E-state index < -0.39 is 0 Å². The van der Waals surface area contributed by atoms with E-state index in [9.17, 15) is 0 Å². The van der Waals surface area contributed by atoms with E-state index in [0.29, 0.717) is 5.41 Å². The Kier molecular flexibility index (Phi) is 12.8. The zero-order chi connectivity index (χ0) is 15.3. The first-order valence-corrected chi connectivity index (χ1v) is 8.68. The molecule has 0 aliphatic carbocycles. The van der Waals surface area contributed by atoms with E-state index >= 15 is 0 Å². The molecule has 0 heterocycles. The van der Waals surface area contributed by atoms with E-state index in [4.69, 9.17) is 13.9 Å². The molecule has 0 atom stereocenters. The average molecular weight is 306 g/mol. The second kappa shape index (κ2) is 12.8. The van der Waals surface area contributed by atoms with Crippen LogP contribution in [0.15, 0.2) is 0 Å². The average Bonchev–Trinajstić information content (AvgIpc) is 2.48. The summed E-state index contributed by atoms with van der Waals surface area (Å²) in [5.74, 6) is 0. The molecule has 122 valence electrons. The van der Waals surface area contributed by atoms with Gasteiger partial charge >= 0.3 is 0 Å². The standard InChI is InChI=1S/C15H35NO3Si/c1-5-15(6-2,14-19-20)8-7-9-16(10-12-17-3)11-13-18-4/h5-14H2,1-4,20H3. The van der Waals surface area contributed by atoms with Crippen LogP contribution in [0.1, 0.15) is 39.5 Å². The third kappa shape index (κ3) is 8.37. The van der Waals surface area contributed by atoms with E-state index in [1.54, 1.807) is 14.2 Å². The van der Waals surface area contributed by atoms with Crippen LogP contribution in [0.5, 0.6) is 0 Å². The van der Waals surface area contributed by atoms with Crippen molar-refractivity contribution in [3.8, 4) is 0 Å². The lowest BCUT2D eigenvalue weighted by Crippen LogP contribution is -2.33. The van der Waals surface area contributed by atoms with Gasteiger partial charge in [-0.15, -0.1) is 0 Å². The number of rotatable bonds is 14. The third-order valence-corrected chi connectivity index (χ3v) is 4.64. The van der Waals surface area contributed by atoms with Crippen LogP contribution < -0.4 is 0 Å². The minimum absolute atomic E-state index is 0.385.